The van der Waals surface area contributed by atoms with Crippen molar-refractivity contribution in [3.05, 3.63) is 30.1 Å². The minimum absolute atomic E-state index is 0.0893. The van der Waals surface area contributed by atoms with Crippen molar-refractivity contribution in [1.82, 2.24) is 9.88 Å². The van der Waals surface area contributed by atoms with Crippen LogP contribution in [0.25, 0.3) is 0 Å². The number of nitrogens with two attached hydrogens (primary N) is 1. The number of carbonyl (C=O) groups is 1. The standard InChI is InChI=1S/C9H13N3O2/c10-7-12(5-6-13)9(14)8-1-3-11-4-2-8/h1-4,13H,5-7,10H2. The van der Waals surface area contributed by atoms with Crippen molar-refractivity contribution >= 4 is 5.91 Å². The molecule has 5 nitrogen and oxygen atoms in total. The Morgan fingerprint density at radius 3 is 2.64 bits per heavy atom. The molecule has 1 rings (SSSR count). The molecule has 14 heavy (non-hydrogen) atoms. The van der Waals surface area contributed by atoms with Gasteiger partial charge in [-0.15, -0.1) is 0 Å². The summed E-state index contributed by atoms with van der Waals surface area (Å²) < 4.78 is 0. The van der Waals surface area contributed by atoms with E-state index in [0.29, 0.717) is 5.56 Å². The van der Waals surface area contributed by atoms with Crippen molar-refractivity contribution in [2.75, 3.05) is 19.8 Å². The maximum atomic E-state index is 11.7. The van der Waals surface area contributed by atoms with Gasteiger partial charge in [-0.2, -0.15) is 0 Å². The first kappa shape index (κ1) is 10.6. The zero-order chi connectivity index (χ0) is 10.4. The second-order valence-electron chi connectivity index (χ2n) is 2.71. The average molecular weight is 195 g/mol. The third kappa shape index (κ3) is 2.51. The highest BCUT2D eigenvalue weighted by Crippen LogP contribution is 2.01. The smallest absolute Gasteiger partial charge is 0.255 e. The molecule has 0 unspecified atom stereocenters. The number of aliphatic hydroxyl groups is 1. The highest BCUT2D eigenvalue weighted by atomic mass is 16.3. The van der Waals surface area contributed by atoms with Gasteiger partial charge in [0.05, 0.1) is 13.3 Å². The molecule has 0 radical (unpaired) electrons. The summed E-state index contributed by atoms with van der Waals surface area (Å²) >= 11 is 0. The third-order valence-electron chi connectivity index (χ3n) is 1.80. The SMILES string of the molecule is NCN(CCO)C(=O)c1ccncc1. The third-order valence-corrected chi connectivity index (χ3v) is 1.80. The first-order valence-electron chi connectivity index (χ1n) is 4.30. The Balaban J connectivity index is 2.73. The molecule has 1 aromatic rings. The topological polar surface area (TPSA) is 79.5 Å². The molecule has 0 fully saturated rings. The van der Waals surface area contributed by atoms with Crippen LogP contribution >= 0.6 is 0 Å². The number of hydrogen-bond donors (Lipinski definition) is 2. The van der Waals surface area contributed by atoms with Gasteiger partial charge in [0.15, 0.2) is 0 Å². The second-order valence-corrected chi connectivity index (χ2v) is 2.71. The Morgan fingerprint density at radius 1 is 1.50 bits per heavy atom. The lowest BCUT2D eigenvalue weighted by atomic mass is 10.2. The van der Waals surface area contributed by atoms with Crippen LogP contribution in [-0.4, -0.2) is 40.7 Å². The molecule has 0 saturated heterocycles. The van der Waals surface area contributed by atoms with Gasteiger partial charge in [0.1, 0.15) is 0 Å². The van der Waals surface area contributed by atoms with Gasteiger partial charge in [-0.3, -0.25) is 9.78 Å². The van der Waals surface area contributed by atoms with E-state index in [9.17, 15) is 4.79 Å². The summed E-state index contributed by atoms with van der Waals surface area (Å²) in [7, 11) is 0. The van der Waals surface area contributed by atoms with Crippen LogP contribution in [0.5, 0.6) is 0 Å². The molecule has 0 aliphatic carbocycles. The average Bonchev–Trinajstić information content (AvgIpc) is 2.26. The molecule has 1 aromatic heterocycles. The van der Waals surface area contributed by atoms with Gasteiger partial charge in [-0.25, -0.2) is 0 Å². The molecule has 76 valence electrons. The van der Waals surface area contributed by atoms with Gasteiger partial charge in [0.25, 0.3) is 5.91 Å². The summed E-state index contributed by atoms with van der Waals surface area (Å²) in [5, 5.41) is 8.70. The minimum Gasteiger partial charge on any atom is -0.395 e. The van der Waals surface area contributed by atoms with E-state index in [0.717, 1.165) is 0 Å². The lowest BCUT2D eigenvalue weighted by Crippen LogP contribution is -2.38. The number of pyridine rings is 1. The fourth-order valence-electron chi connectivity index (χ4n) is 1.07. The number of carbonyl (C=O) groups excluding carboxylic acids is 1. The molecule has 0 spiro atoms. The summed E-state index contributed by atoms with van der Waals surface area (Å²) in [5.41, 5.74) is 5.90. The van der Waals surface area contributed by atoms with E-state index < -0.39 is 0 Å². The van der Waals surface area contributed by atoms with Gasteiger partial charge in [-0.05, 0) is 12.1 Å². The van der Waals surface area contributed by atoms with Crippen LogP contribution in [0.1, 0.15) is 10.4 Å². The Bertz CT molecular complexity index is 289. The van der Waals surface area contributed by atoms with E-state index in [1.807, 2.05) is 0 Å². The van der Waals surface area contributed by atoms with Crippen LogP contribution in [0.15, 0.2) is 24.5 Å². The number of nitrogens with zero attached hydrogens (tertiary/aromatic N) is 2. The van der Waals surface area contributed by atoms with Crippen LogP contribution in [0.3, 0.4) is 0 Å². The van der Waals surface area contributed by atoms with Crippen molar-refractivity contribution < 1.29 is 9.90 Å². The van der Waals surface area contributed by atoms with Crippen LogP contribution < -0.4 is 5.73 Å². The predicted octanol–water partition coefficient (Wildman–Crippen LogP) is -0.568. The number of hydrogen-bond acceptors (Lipinski definition) is 4. The maximum absolute atomic E-state index is 11.7. The second kappa shape index (κ2) is 5.31. The lowest BCUT2D eigenvalue weighted by Gasteiger charge is -2.18. The monoisotopic (exact) mass is 195 g/mol. The van der Waals surface area contributed by atoms with Crippen LogP contribution in [0.2, 0.25) is 0 Å². The molecule has 1 amide bonds. The Labute approximate surface area is 82.2 Å². The fraction of sp³-hybridized carbons (Fsp3) is 0.333. The Hall–Kier alpha value is -1.46. The van der Waals surface area contributed by atoms with Gasteiger partial charge in [0, 0.05) is 24.5 Å². The molecule has 1 heterocycles. The van der Waals surface area contributed by atoms with Crippen molar-refractivity contribution in [3.63, 3.8) is 0 Å². The normalized spacial score (nSPS) is 9.86. The number of amides is 1. The molecule has 3 N–H and O–H groups in total. The predicted molar refractivity (Wildman–Crippen MR) is 51.4 cm³/mol. The van der Waals surface area contributed by atoms with Gasteiger partial charge < -0.3 is 15.7 Å². The molecule has 0 aliphatic rings. The lowest BCUT2D eigenvalue weighted by molar-refractivity contribution is 0.0727. The number of aliphatic hydroxyl groups excluding tert-OH is 1. The summed E-state index contributed by atoms with van der Waals surface area (Å²) in [5.74, 6) is -0.191. The van der Waals surface area contributed by atoms with Crippen molar-refractivity contribution in [3.8, 4) is 0 Å². The van der Waals surface area contributed by atoms with Gasteiger partial charge >= 0.3 is 0 Å². The van der Waals surface area contributed by atoms with E-state index >= 15 is 0 Å². The van der Waals surface area contributed by atoms with Crippen molar-refractivity contribution in [2.45, 2.75) is 0 Å². The zero-order valence-corrected chi connectivity index (χ0v) is 7.76. The number of rotatable bonds is 4. The quantitative estimate of drug-likeness (QED) is 0.631. The molecular weight excluding hydrogens is 182 g/mol. The summed E-state index contributed by atoms with van der Waals surface area (Å²) in [6.45, 7) is 0.257. The largest absolute Gasteiger partial charge is 0.395 e. The van der Waals surface area contributed by atoms with E-state index in [-0.39, 0.29) is 25.7 Å². The van der Waals surface area contributed by atoms with Crippen LogP contribution in [0, 0.1) is 0 Å². The van der Waals surface area contributed by atoms with Crippen LogP contribution in [0.4, 0.5) is 0 Å². The highest BCUT2D eigenvalue weighted by molar-refractivity contribution is 5.94. The summed E-state index contributed by atoms with van der Waals surface area (Å²) in [6.07, 6.45) is 3.09. The van der Waals surface area contributed by atoms with E-state index in [1.165, 1.54) is 4.90 Å². The van der Waals surface area contributed by atoms with Gasteiger partial charge in [0.2, 0.25) is 0 Å². The van der Waals surface area contributed by atoms with E-state index in [4.69, 9.17) is 10.8 Å². The van der Waals surface area contributed by atoms with Crippen LogP contribution in [-0.2, 0) is 0 Å². The van der Waals surface area contributed by atoms with Crippen molar-refractivity contribution in [1.29, 1.82) is 0 Å². The Morgan fingerprint density at radius 2 is 2.14 bits per heavy atom. The molecule has 5 heteroatoms. The minimum atomic E-state index is -0.191. The first-order chi connectivity index (χ1) is 6.79. The molecule has 0 saturated carbocycles. The first-order valence-corrected chi connectivity index (χ1v) is 4.30. The highest BCUT2D eigenvalue weighted by Gasteiger charge is 2.12. The van der Waals surface area contributed by atoms with E-state index in [2.05, 4.69) is 4.98 Å². The van der Waals surface area contributed by atoms with Gasteiger partial charge in [-0.1, -0.05) is 0 Å². The molecular formula is C9H13N3O2. The molecule has 0 bridgehead atoms. The molecule has 0 aliphatic heterocycles. The number of aromatic nitrogens is 1. The summed E-state index contributed by atoms with van der Waals surface area (Å²) in [4.78, 5) is 16.9. The summed E-state index contributed by atoms with van der Waals surface area (Å²) in [6, 6.07) is 3.23. The molecule has 0 atom stereocenters. The maximum Gasteiger partial charge on any atom is 0.255 e. The fourth-order valence-corrected chi connectivity index (χ4v) is 1.07. The molecule has 0 aromatic carbocycles. The van der Waals surface area contributed by atoms with Crippen molar-refractivity contribution in [2.24, 2.45) is 5.73 Å². The Kier molecular flexibility index (Phi) is 4.03. The van der Waals surface area contributed by atoms with E-state index in [1.54, 1.807) is 24.5 Å². The zero-order valence-electron chi connectivity index (χ0n) is 7.76.